The van der Waals surface area contributed by atoms with E-state index in [1.54, 1.807) is 12.3 Å². The van der Waals surface area contributed by atoms with Gasteiger partial charge in [0.2, 0.25) is 12.8 Å². The maximum absolute atomic E-state index is 12.2. The van der Waals surface area contributed by atoms with Crippen LogP contribution >= 0.6 is 0 Å². The zero-order chi connectivity index (χ0) is 20.6. The summed E-state index contributed by atoms with van der Waals surface area (Å²) in [5.41, 5.74) is 4.26. The van der Waals surface area contributed by atoms with Gasteiger partial charge in [-0.15, -0.1) is 0 Å². The summed E-state index contributed by atoms with van der Waals surface area (Å²) in [5.74, 6) is -0.372. The Morgan fingerprint density at radius 2 is 1.90 bits per heavy atom. The predicted octanol–water partition coefficient (Wildman–Crippen LogP) is 4.77. The Bertz CT molecular complexity index is 869. The molecule has 5 nitrogen and oxygen atoms in total. The summed E-state index contributed by atoms with van der Waals surface area (Å²) in [7, 11) is 1.38. The summed E-state index contributed by atoms with van der Waals surface area (Å²) >= 11 is 0. The van der Waals surface area contributed by atoms with Crippen LogP contribution in [0.15, 0.2) is 42.5 Å². The minimum Gasteiger partial charge on any atom is -0.465 e. The molecule has 0 aliphatic heterocycles. The Kier molecular flexibility index (Phi) is 7.42. The number of methoxy groups -OCH3 is 1. The second-order valence-electron chi connectivity index (χ2n) is 7.56. The quantitative estimate of drug-likeness (QED) is 0.241. The lowest BCUT2D eigenvalue weighted by atomic mass is 9.94. The molecule has 1 fully saturated rings. The highest BCUT2D eigenvalue weighted by Crippen LogP contribution is 2.28. The number of carbonyl (C=O) groups excluding carboxylic acids is 1. The largest absolute Gasteiger partial charge is 0.465 e. The van der Waals surface area contributed by atoms with E-state index in [1.165, 1.54) is 26.4 Å². The van der Waals surface area contributed by atoms with E-state index in [9.17, 15) is 10.0 Å². The molecule has 1 aliphatic carbocycles. The van der Waals surface area contributed by atoms with Gasteiger partial charge in [-0.3, -0.25) is 5.21 Å². The molecule has 0 bridgehead atoms. The lowest BCUT2D eigenvalue weighted by Crippen LogP contribution is -2.20. The van der Waals surface area contributed by atoms with E-state index < -0.39 is 0 Å². The Morgan fingerprint density at radius 3 is 2.62 bits per heavy atom. The van der Waals surface area contributed by atoms with Crippen LogP contribution in [0.2, 0.25) is 0 Å². The summed E-state index contributed by atoms with van der Waals surface area (Å²) in [6, 6.07) is 13.5. The van der Waals surface area contributed by atoms with Gasteiger partial charge in [0.25, 0.3) is 0 Å². The molecular weight excluding hydrogens is 366 g/mol. The van der Waals surface area contributed by atoms with Gasteiger partial charge in [-0.25, -0.2) is 4.79 Å². The zero-order valence-corrected chi connectivity index (χ0v) is 17.3. The normalized spacial score (nSPS) is 15.3. The molecule has 1 saturated carbocycles. The third-order valence-electron chi connectivity index (χ3n) is 5.44. The van der Waals surface area contributed by atoms with Gasteiger partial charge in [-0.1, -0.05) is 49.6 Å². The number of hydroxylamine groups is 1. The molecule has 0 heterocycles. The first kappa shape index (κ1) is 21.1. The average molecular weight is 397 g/mol. The third-order valence-corrected chi connectivity index (χ3v) is 5.44. The molecule has 29 heavy (non-hydrogen) atoms. The molecule has 1 N–H and O–H groups in total. The molecule has 1 aliphatic rings. The molecule has 0 spiro atoms. The number of hydrogen-bond donors (Lipinski definition) is 1. The van der Waals surface area contributed by atoms with Gasteiger partial charge in [0.15, 0.2) is 0 Å². The standard InChI is InChI=1S/C24H30NO4/c1-18-8-6-7-11-21(18)23-16-19(12-13-22(23)24(26)28-2)17-25(27)14-15-29-20-9-4-3-5-10-20/h6-8,11-14,16,20,27H,3-5,9-10,15,17H2,1-2H3/q+1/b25-14-. The highest BCUT2D eigenvalue weighted by atomic mass is 16.5. The first-order chi connectivity index (χ1) is 14.1. The van der Waals surface area contributed by atoms with Crippen molar-refractivity contribution >= 4 is 12.2 Å². The van der Waals surface area contributed by atoms with Crippen molar-refractivity contribution in [3.05, 3.63) is 59.2 Å². The Balaban J connectivity index is 1.75. The number of esters is 1. The van der Waals surface area contributed by atoms with E-state index in [2.05, 4.69) is 0 Å². The second kappa shape index (κ2) is 10.2. The molecule has 0 saturated heterocycles. The summed E-state index contributed by atoms with van der Waals surface area (Å²) < 4.78 is 11.9. The first-order valence-corrected chi connectivity index (χ1v) is 10.3. The maximum Gasteiger partial charge on any atom is 0.338 e. The highest BCUT2D eigenvalue weighted by molar-refractivity contribution is 5.97. The van der Waals surface area contributed by atoms with Crippen LogP contribution in [-0.4, -0.2) is 42.0 Å². The van der Waals surface area contributed by atoms with Crippen molar-refractivity contribution in [1.29, 1.82) is 0 Å². The average Bonchev–Trinajstić information content (AvgIpc) is 2.74. The Hall–Kier alpha value is -2.66. The van der Waals surface area contributed by atoms with E-state index in [0.29, 0.717) is 24.8 Å². The van der Waals surface area contributed by atoms with E-state index in [4.69, 9.17) is 9.47 Å². The van der Waals surface area contributed by atoms with Gasteiger partial charge in [-0.2, -0.15) is 0 Å². The van der Waals surface area contributed by atoms with Crippen molar-refractivity contribution in [3.63, 3.8) is 0 Å². The highest BCUT2D eigenvalue weighted by Gasteiger charge is 2.17. The predicted molar refractivity (Wildman–Crippen MR) is 113 cm³/mol. The summed E-state index contributed by atoms with van der Waals surface area (Å²) in [4.78, 5) is 12.2. The molecule has 0 atom stereocenters. The van der Waals surface area contributed by atoms with Crippen LogP contribution in [0.4, 0.5) is 0 Å². The van der Waals surface area contributed by atoms with Crippen LogP contribution in [-0.2, 0) is 16.0 Å². The topological polar surface area (TPSA) is 58.8 Å². The van der Waals surface area contributed by atoms with E-state index in [-0.39, 0.29) is 5.97 Å². The van der Waals surface area contributed by atoms with E-state index in [0.717, 1.165) is 39.8 Å². The van der Waals surface area contributed by atoms with Crippen LogP contribution in [0.1, 0.15) is 53.6 Å². The van der Waals surface area contributed by atoms with Crippen LogP contribution in [0.25, 0.3) is 11.1 Å². The van der Waals surface area contributed by atoms with Gasteiger partial charge >= 0.3 is 5.97 Å². The van der Waals surface area contributed by atoms with Crippen molar-refractivity contribution in [2.45, 2.75) is 51.7 Å². The minimum absolute atomic E-state index is 0.306. The smallest absolute Gasteiger partial charge is 0.338 e. The molecule has 154 valence electrons. The van der Waals surface area contributed by atoms with E-state index in [1.807, 2.05) is 43.3 Å². The summed E-state index contributed by atoms with van der Waals surface area (Å²) in [6.07, 6.45) is 7.92. The Morgan fingerprint density at radius 1 is 1.14 bits per heavy atom. The second-order valence-corrected chi connectivity index (χ2v) is 7.56. The van der Waals surface area contributed by atoms with Gasteiger partial charge < -0.3 is 9.47 Å². The number of aryl methyl sites for hydroxylation is 1. The third kappa shape index (κ3) is 5.67. The zero-order valence-electron chi connectivity index (χ0n) is 17.3. The number of ether oxygens (including phenoxy) is 2. The summed E-state index contributed by atoms with van der Waals surface area (Å²) in [5, 5.41) is 10.3. The lowest BCUT2D eigenvalue weighted by molar-refractivity contribution is -0.784. The fraction of sp³-hybridized carbons (Fsp3) is 0.417. The fourth-order valence-electron chi connectivity index (χ4n) is 3.82. The molecule has 0 unspecified atom stereocenters. The van der Waals surface area contributed by atoms with Crippen molar-refractivity contribution in [2.24, 2.45) is 0 Å². The lowest BCUT2D eigenvalue weighted by Gasteiger charge is -2.20. The SMILES string of the molecule is COC(=O)c1ccc(C/[N+](O)=C/COC2CCCCC2)cc1-c1ccccc1C. The van der Waals surface area contributed by atoms with Crippen LogP contribution in [0, 0.1) is 6.92 Å². The molecule has 3 rings (SSSR count). The van der Waals surface area contributed by atoms with Crippen molar-refractivity contribution in [3.8, 4) is 11.1 Å². The fourth-order valence-corrected chi connectivity index (χ4v) is 3.82. The van der Waals surface area contributed by atoms with Crippen LogP contribution < -0.4 is 0 Å². The summed E-state index contributed by atoms with van der Waals surface area (Å²) in [6.45, 7) is 2.72. The van der Waals surface area contributed by atoms with Gasteiger partial charge in [0.1, 0.15) is 6.61 Å². The minimum atomic E-state index is -0.372. The van der Waals surface area contributed by atoms with Crippen molar-refractivity contribution in [2.75, 3.05) is 13.7 Å². The molecule has 2 aromatic rings. The number of benzene rings is 2. The molecule has 2 aromatic carbocycles. The van der Waals surface area contributed by atoms with Crippen molar-refractivity contribution in [1.82, 2.24) is 0 Å². The van der Waals surface area contributed by atoms with Crippen LogP contribution in [0.5, 0.6) is 0 Å². The van der Waals surface area contributed by atoms with Gasteiger partial charge in [0, 0.05) is 5.56 Å². The molecule has 0 radical (unpaired) electrons. The van der Waals surface area contributed by atoms with E-state index >= 15 is 0 Å². The first-order valence-electron chi connectivity index (χ1n) is 10.3. The number of rotatable bonds is 7. The molecule has 0 aromatic heterocycles. The molecular formula is C24H30NO4+. The van der Waals surface area contributed by atoms with Gasteiger partial charge in [-0.05, 0) is 53.3 Å². The molecule has 0 amide bonds. The Labute approximate surface area is 172 Å². The van der Waals surface area contributed by atoms with Gasteiger partial charge in [0.05, 0.1) is 18.8 Å². The number of nitrogens with zero attached hydrogens (tertiary/aromatic N) is 1. The molecule has 5 heteroatoms. The number of carbonyl (C=O) groups is 1. The van der Waals surface area contributed by atoms with Crippen LogP contribution in [0.3, 0.4) is 0 Å². The number of hydrogen-bond acceptors (Lipinski definition) is 4. The monoisotopic (exact) mass is 396 g/mol. The maximum atomic E-state index is 12.2. The van der Waals surface area contributed by atoms with Crippen molar-refractivity contribution < 1.29 is 24.2 Å².